The van der Waals surface area contributed by atoms with Crippen LogP contribution in [0.2, 0.25) is 0 Å². The molecule has 1 aromatic rings. The molecule has 0 heterocycles. The van der Waals surface area contributed by atoms with Crippen molar-refractivity contribution in [3.8, 4) is 18.2 Å². The number of allylic oxidation sites excluding steroid dienone is 2. The second-order valence-electron chi connectivity index (χ2n) is 3.40. The Morgan fingerprint density at radius 3 is 2.10 bits per heavy atom. The zero-order valence-corrected chi connectivity index (χ0v) is 10.1. The lowest BCUT2D eigenvalue weighted by atomic mass is 10.2. The minimum Gasteiger partial charge on any atom is -0.339 e. The van der Waals surface area contributed by atoms with Crippen molar-refractivity contribution in [2.75, 3.05) is 5.32 Å². The van der Waals surface area contributed by atoms with Crippen LogP contribution >= 0.6 is 0 Å². The molecule has 0 aromatic heterocycles. The van der Waals surface area contributed by atoms with Crippen molar-refractivity contribution in [3.63, 3.8) is 0 Å². The first-order chi connectivity index (χ1) is 9.96. The molecule has 0 bridgehead atoms. The Bertz CT molecular complexity index is 761. The van der Waals surface area contributed by atoms with Crippen molar-refractivity contribution < 1.29 is 9.85 Å². The lowest BCUT2D eigenvalue weighted by Gasteiger charge is -2.05. The Kier molecular flexibility index (Phi) is 4.51. The first kappa shape index (κ1) is 15.1. The number of nitriles is 3. The molecule has 0 aliphatic carbocycles. The van der Waals surface area contributed by atoms with Gasteiger partial charge in [0.25, 0.3) is 0 Å². The number of anilines is 1. The normalized spacial score (nSPS) is 8.62. The van der Waals surface area contributed by atoms with E-state index >= 15 is 0 Å². The van der Waals surface area contributed by atoms with Gasteiger partial charge in [-0.3, -0.25) is 20.2 Å². The maximum absolute atomic E-state index is 11.0. The van der Waals surface area contributed by atoms with E-state index < -0.39 is 32.5 Å². The van der Waals surface area contributed by atoms with Gasteiger partial charge in [-0.1, -0.05) is 6.07 Å². The van der Waals surface area contributed by atoms with E-state index in [1.807, 2.05) is 0 Å². The lowest BCUT2D eigenvalue weighted by molar-refractivity contribution is -0.421. The van der Waals surface area contributed by atoms with Crippen LogP contribution in [0.4, 0.5) is 17.1 Å². The molecule has 1 aromatic carbocycles. The van der Waals surface area contributed by atoms with Crippen molar-refractivity contribution in [1.82, 2.24) is 0 Å². The quantitative estimate of drug-likeness (QED) is 0.494. The van der Waals surface area contributed by atoms with Gasteiger partial charge < -0.3 is 5.32 Å². The molecule has 0 atom stereocenters. The van der Waals surface area contributed by atoms with Crippen LogP contribution in [0.3, 0.4) is 0 Å². The van der Waals surface area contributed by atoms with Crippen LogP contribution in [0.5, 0.6) is 0 Å². The summed E-state index contributed by atoms with van der Waals surface area (Å²) >= 11 is 0. The van der Waals surface area contributed by atoms with Crippen LogP contribution < -0.4 is 5.32 Å². The number of nitro benzene ring substituents is 2. The zero-order chi connectivity index (χ0) is 16.0. The van der Waals surface area contributed by atoms with Gasteiger partial charge >= 0.3 is 11.4 Å². The van der Waals surface area contributed by atoms with Crippen molar-refractivity contribution in [1.29, 1.82) is 15.8 Å². The van der Waals surface area contributed by atoms with E-state index in [0.29, 0.717) is 0 Å². The van der Waals surface area contributed by atoms with Gasteiger partial charge in [0.05, 0.1) is 9.85 Å². The van der Waals surface area contributed by atoms with Gasteiger partial charge in [0.2, 0.25) is 0 Å². The smallest absolute Gasteiger partial charge is 0.339 e. The number of nitro groups is 2. The van der Waals surface area contributed by atoms with E-state index in [9.17, 15) is 20.2 Å². The van der Waals surface area contributed by atoms with Crippen LogP contribution in [0.1, 0.15) is 0 Å². The Labute approximate surface area is 117 Å². The highest BCUT2D eigenvalue weighted by Crippen LogP contribution is 2.35. The summed E-state index contributed by atoms with van der Waals surface area (Å²) in [5, 5.41) is 50.1. The van der Waals surface area contributed by atoms with Crippen molar-refractivity contribution >= 4 is 17.1 Å². The largest absolute Gasteiger partial charge is 0.369 e. The van der Waals surface area contributed by atoms with Gasteiger partial charge in [-0.25, -0.2) is 0 Å². The molecule has 102 valence electrons. The molecule has 0 fully saturated rings. The van der Waals surface area contributed by atoms with Crippen LogP contribution in [-0.2, 0) is 0 Å². The summed E-state index contributed by atoms with van der Waals surface area (Å²) in [7, 11) is 0. The van der Waals surface area contributed by atoms with E-state index in [-0.39, 0.29) is 5.69 Å². The molecule has 10 heteroatoms. The number of benzene rings is 1. The van der Waals surface area contributed by atoms with E-state index in [2.05, 4.69) is 5.32 Å². The summed E-state index contributed by atoms with van der Waals surface area (Å²) in [6.45, 7) is 0. The predicted molar refractivity (Wildman–Crippen MR) is 67.2 cm³/mol. The van der Waals surface area contributed by atoms with E-state index in [1.165, 1.54) is 24.3 Å². The molecule has 0 aliphatic heterocycles. The maximum atomic E-state index is 11.0. The first-order valence-electron chi connectivity index (χ1n) is 5.09. The van der Waals surface area contributed by atoms with Crippen LogP contribution in [0.25, 0.3) is 0 Å². The van der Waals surface area contributed by atoms with E-state index in [0.717, 1.165) is 12.1 Å². The van der Waals surface area contributed by atoms with E-state index in [1.54, 1.807) is 0 Å². The fraction of sp³-hybridized carbons (Fsp3) is 0. The molecular weight excluding hydrogens is 280 g/mol. The molecule has 0 radical (unpaired) electrons. The molecule has 1 rings (SSSR count). The van der Waals surface area contributed by atoms with Gasteiger partial charge in [-0.2, -0.15) is 15.8 Å². The van der Waals surface area contributed by atoms with Crippen molar-refractivity contribution in [2.45, 2.75) is 0 Å². The topological polar surface area (TPSA) is 170 Å². The summed E-state index contributed by atoms with van der Waals surface area (Å²) < 4.78 is 0. The Morgan fingerprint density at radius 1 is 1.05 bits per heavy atom. The second-order valence-corrected chi connectivity index (χ2v) is 3.40. The number of rotatable bonds is 4. The predicted octanol–water partition coefficient (Wildman–Crippen LogP) is 1.74. The number of para-hydroxylation sites is 1. The van der Waals surface area contributed by atoms with Crippen molar-refractivity contribution in [3.05, 3.63) is 49.7 Å². The molecule has 0 spiro atoms. The summed E-state index contributed by atoms with van der Waals surface area (Å²) in [5.74, 6) is 0. The molecule has 0 saturated heterocycles. The third-order valence-electron chi connectivity index (χ3n) is 2.24. The summed E-state index contributed by atoms with van der Waals surface area (Å²) in [6.07, 6.45) is 0. The molecule has 0 amide bonds. The van der Waals surface area contributed by atoms with E-state index in [4.69, 9.17) is 15.8 Å². The number of nitrogens with zero attached hydrogens (tertiary/aromatic N) is 5. The van der Waals surface area contributed by atoms with Crippen molar-refractivity contribution in [2.24, 2.45) is 0 Å². The molecule has 10 nitrogen and oxygen atoms in total. The Morgan fingerprint density at radius 2 is 1.67 bits per heavy atom. The highest BCUT2D eigenvalue weighted by Gasteiger charge is 2.28. The number of nitrogens with one attached hydrogen (secondary N) is 1. The first-order valence-corrected chi connectivity index (χ1v) is 5.09. The lowest BCUT2D eigenvalue weighted by Crippen LogP contribution is -2.05. The van der Waals surface area contributed by atoms with Crippen LogP contribution in [-0.4, -0.2) is 9.85 Å². The highest BCUT2D eigenvalue weighted by molar-refractivity contribution is 5.74. The fourth-order valence-electron chi connectivity index (χ4n) is 1.39. The second kappa shape index (κ2) is 6.27. The molecule has 1 N–H and O–H groups in total. The molecule has 21 heavy (non-hydrogen) atoms. The SMILES string of the molecule is N#CC(C#N)=C(C#N)Nc1cccc([N+](=O)[O-])c1[N+](=O)[O-]. The number of hydrogen-bond donors (Lipinski definition) is 1. The minimum atomic E-state index is -0.992. The third-order valence-corrected chi connectivity index (χ3v) is 2.24. The third kappa shape index (κ3) is 3.08. The monoisotopic (exact) mass is 284 g/mol. The van der Waals surface area contributed by atoms with Crippen LogP contribution in [0.15, 0.2) is 29.5 Å². The van der Waals surface area contributed by atoms with Gasteiger partial charge in [-0.15, -0.1) is 0 Å². The summed E-state index contributed by atoms with van der Waals surface area (Å²) in [5.41, 5.74) is -3.15. The van der Waals surface area contributed by atoms with Crippen LogP contribution in [0, 0.1) is 54.2 Å². The van der Waals surface area contributed by atoms with Gasteiger partial charge in [-0.05, 0) is 6.07 Å². The standard InChI is InChI=1S/C11H4N6O4/c12-4-7(5-13)9(6-14)15-8-2-1-3-10(16(18)19)11(8)17(20)21/h1-3,15H. The van der Waals surface area contributed by atoms with Gasteiger partial charge in [0, 0.05) is 6.07 Å². The summed E-state index contributed by atoms with van der Waals surface area (Å²) in [4.78, 5) is 19.8. The molecule has 0 unspecified atom stereocenters. The zero-order valence-electron chi connectivity index (χ0n) is 10.1. The number of hydrogen-bond acceptors (Lipinski definition) is 8. The van der Waals surface area contributed by atoms with Gasteiger partial charge in [0.1, 0.15) is 29.6 Å². The molecule has 0 aliphatic rings. The minimum absolute atomic E-state index is 0.367. The summed E-state index contributed by atoms with van der Waals surface area (Å²) in [6, 6.07) is 7.59. The maximum Gasteiger partial charge on any atom is 0.369 e. The Balaban J connectivity index is 3.51. The average Bonchev–Trinajstić information content (AvgIpc) is 2.46. The Hall–Kier alpha value is -3.97. The molecule has 0 saturated carbocycles. The fourth-order valence-corrected chi connectivity index (χ4v) is 1.39. The van der Waals surface area contributed by atoms with Gasteiger partial charge in [0.15, 0.2) is 5.57 Å². The molecular formula is C11H4N6O4. The highest BCUT2D eigenvalue weighted by atomic mass is 16.6. The average molecular weight is 284 g/mol.